The molecule has 0 heterocycles. The van der Waals surface area contributed by atoms with Gasteiger partial charge in [-0.2, -0.15) is 0 Å². The number of benzene rings is 1. The molecule has 1 aromatic rings. The van der Waals surface area contributed by atoms with Crippen molar-refractivity contribution < 1.29 is 14.5 Å². The van der Waals surface area contributed by atoms with Gasteiger partial charge in [-0.25, -0.2) is 4.79 Å². The Bertz CT molecular complexity index is 476. The zero-order chi connectivity index (χ0) is 14.4. The van der Waals surface area contributed by atoms with Crippen LogP contribution in [0.1, 0.15) is 37.6 Å². The Balaban J connectivity index is 3.07. The third kappa shape index (κ3) is 4.24. The number of nitro benzene ring substituents is 1. The normalized spacial score (nSPS) is 11.9. The molecule has 1 rings (SSSR count). The third-order valence-corrected chi connectivity index (χ3v) is 3.90. The van der Waals surface area contributed by atoms with Crippen molar-refractivity contribution in [2.45, 2.75) is 37.3 Å². The van der Waals surface area contributed by atoms with Crippen LogP contribution in [-0.2, 0) is 4.74 Å². The highest BCUT2D eigenvalue weighted by molar-refractivity contribution is 8.00. The highest BCUT2D eigenvalue weighted by Gasteiger charge is 2.19. The summed E-state index contributed by atoms with van der Waals surface area (Å²) in [6.45, 7) is 5.97. The Kier molecular flexibility index (Phi) is 5.82. The molecule has 0 fully saturated rings. The predicted octanol–water partition coefficient (Wildman–Crippen LogP) is 3.66. The number of rotatable bonds is 6. The zero-order valence-electron chi connectivity index (χ0n) is 11.2. The fraction of sp³-hybridized carbons (Fsp3) is 0.462. The second kappa shape index (κ2) is 7.13. The van der Waals surface area contributed by atoms with Crippen LogP contribution in [-0.4, -0.2) is 22.7 Å². The summed E-state index contributed by atoms with van der Waals surface area (Å²) in [5.74, 6) is -0.536. The van der Waals surface area contributed by atoms with Gasteiger partial charge in [-0.1, -0.05) is 13.8 Å². The van der Waals surface area contributed by atoms with Crippen LogP contribution >= 0.6 is 11.8 Å². The van der Waals surface area contributed by atoms with Crippen LogP contribution in [0.15, 0.2) is 23.1 Å². The molecule has 6 heteroatoms. The molecule has 0 aromatic heterocycles. The molecular weight excluding hydrogens is 266 g/mol. The summed E-state index contributed by atoms with van der Waals surface area (Å²) >= 11 is 1.44. The number of hydrogen-bond donors (Lipinski definition) is 0. The van der Waals surface area contributed by atoms with E-state index in [0.717, 1.165) is 6.42 Å². The van der Waals surface area contributed by atoms with Gasteiger partial charge in [0.05, 0.1) is 22.0 Å². The van der Waals surface area contributed by atoms with E-state index in [4.69, 9.17) is 4.74 Å². The van der Waals surface area contributed by atoms with E-state index in [0.29, 0.717) is 4.90 Å². The van der Waals surface area contributed by atoms with Crippen LogP contribution in [0, 0.1) is 10.1 Å². The molecule has 0 aliphatic rings. The number of carbonyl (C=O) groups excluding carboxylic acids is 1. The van der Waals surface area contributed by atoms with Gasteiger partial charge >= 0.3 is 5.97 Å². The molecule has 0 aliphatic heterocycles. The molecule has 0 N–H and O–H groups in total. The standard InChI is InChI=1S/C13H17NO4S/c1-4-9(3)19-12-7-6-10(13(15)18-5-2)8-11(12)14(16)17/h6-9H,4-5H2,1-3H3. The highest BCUT2D eigenvalue weighted by Crippen LogP contribution is 2.33. The van der Waals surface area contributed by atoms with E-state index < -0.39 is 10.9 Å². The molecule has 1 unspecified atom stereocenters. The number of esters is 1. The third-order valence-electron chi connectivity index (χ3n) is 2.57. The molecule has 5 nitrogen and oxygen atoms in total. The number of carbonyl (C=O) groups is 1. The molecule has 1 atom stereocenters. The SMILES string of the molecule is CCOC(=O)c1ccc(SC(C)CC)c([N+](=O)[O-])c1. The molecule has 0 spiro atoms. The van der Waals surface area contributed by atoms with Crippen molar-refractivity contribution in [3.05, 3.63) is 33.9 Å². The second-order valence-electron chi connectivity index (χ2n) is 4.00. The van der Waals surface area contributed by atoms with Gasteiger partial charge in [0, 0.05) is 11.3 Å². The summed E-state index contributed by atoms with van der Waals surface area (Å²) < 4.78 is 4.84. The van der Waals surface area contributed by atoms with Crippen LogP contribution in [0.2, 0.25) is 0 Å². The Morgan fingerprint density at radius 1 is 1.47 bits per heavy atom. The summed E-state index contributed by atoms with van der Waals surface area (Å²) in [6.07, 6.45) is 0.918. The topological polar surface area (TPSA) is 69.4 Å². The van der Waals surface area contributed by atoms with Crippen LogP contribution in [0.3, 0.4) is 0 Å². The predicted molar refractivity (Wildman–Crippen MR) is 74.7 cm³/mol. The molecule has 0 saturated carbocycles. The lowest BCUT2D eigenvalue weighted by atomic mass is 10.2. The van der Waals surface area contributed by atoms with Gasteiger partial charge in [0.15, 0.2) is 0 Å². The lowest BCUT2D eigenvalue weighted by Crippen LogP contribution is -2.06. The first-order valence-corrected chi connectivity index (χ1v) is 6.99. The molecule has 0 aliphatic carbocycles. The highest BCUT2D eigenvalue weighted by atomic mass is 32.2. The molecule has 0 amide bonds. The molecule has 0 radical (unpaired) electrons. The van der Waals surface area contributed by atoms with E-state index in [1.807, 2.05) is 13.8 Å². The van der Waals surface area contributed by atoms with Crippen molar-refractivity contribution >= 4 is 23.4 Å². The van der Waals surface area contributed by atoms with Crippen molar-refractivity contribution in [1.29, 1.82) is 0 Å². The van der Waals surface area contributed by atoms with E-state index in [-0.39, 0.29) is 23.1 Å². The molecule has 104 valence electrons. The summed E-state index contributed by atoms with van der Waals surface area (Å²) in [4.78, 5) is 22.7. The van der Waals surface area contributed by atoms with Gasteiger partial charge in [0.2, 0.25) is 0 Å². The minimum absolute atomic E-state index is 0.0455. The average molecular weight is 283 g/mol. The van der Waals surface area contributed by atoms with E-state index >= 15 is 0 Å². The van der Waals surface area contributed by atoms with Gasteiger partial charge in [-0.15, -0.1) is 11.8 Å². The summed E-state index contributed by atoms with van der Waals surface area (Å²) in [5, 5.41) is 11.3. The smallest absolute Gasteiger partial charge is 0.338 e. The largest absolute Gasteiger partial charge is 0.462 e. The zero-order valence-corrected chi connectivity index (χ0v) is 12.0. The first-order valence-electron chi connectivity index (χ1n) is 6.11. The Morgan fingerprint density at radius 3 is 2.68 bits per heavy atom. The minimum atomic E-state index is -0.536. The van der Waals surface area contributed by atoms with Gasteiger partial charge in [0.25, 0.3) is 5.69 Å². The Labute approximate surface area is 116 Å². The molecule has 0 saturated heterocycles. The van der Waals surface area contributed by atoms with Crippen LogP contribution in [0.4, 0.5) is 5.69 Å². The van der Waals surface area contributed by atoms with E-state index in [1.165, 1.54) is 17.8 Å². The van der Waals surface area contributed by atoms with Crippen LogP contribution in [0.5, 0.6) is 0 Å². The number of nitro groups is 1. The van der Waals surface area contributed by atoms with Gasteiger partial charge in [-0.3, -0.25) is 10.1 Å². The van der Waals surface area contributed by atoms with E-state index in [1.54, 1.807) is 19.1 Å². The van der Waals surface area contributed by atoms with Crippen molar-refractivity contribution in [2.75, 3.05) is 6.61 Å². The van der Waals surface area contributed by atoms with E-state index in [2.05, 4.69) is 0 Å². The number of hydrogen-bond acceptors (Lipinski definition) is 5. The summed E-state index contributed by atoms with van der Waals surface area (Å²) in [7, 11) is 0. The van der Waals surface area contributed by atoms with Crippen molar-refractivity contribution in [3.63, 3.8) is 0 Å². The van der Waals surface area contributed by atoms with Gasteiger partial charge in [-0.05, 0) is 25.5 Å². The molecule has 19 heavy (non-hydrogen) atoms. The maximum Gasteiger partial charge on any atom is 0.338 e. The Hall–Kier alpha value is -1.56. The maximum atomic E-state index is 11.6. The summed E-state index contributed by atoms with van der Waals surface area (Å²) in [5.41, 5.74) is 0.165. The first kappa shape index (κ1) is 15.5. The molecule has 1 aromatic carbocycles. The van der Waals surface area contributed by atoms with Crippen LogP contribution < -0.4 is 0 Å². The minimum Gasteiger partial charge on any atom is -0.462 e. The fourth-order valence-electron chi connectivity index (χ4n) is 1.40. The number of ether oxygens (including phenoxy) is 1. The Morgan fingerprint density at radius 2 is 2.16 bits per heavy atom. The monoisotopic (exact) mass is 283 g/mol. The van der Waals surface area contributed by atoms with Crippen molar-refractivity contribution in [2.24, 2.45) is 0 Å². The lowest BCUT2D eigenvalue weighted by molar-refractivity contribution is -0.387. The lowest BCUT2D eigenvalue weighted by Gasteiger charge is -2.09. The molecular formula is C13H17NO4S. The molecule has 0 bridgehead atoms. The summed E-state index contributed by atoms with van der Waals surface area (Å²) in [6, 6.07) is 4.46. The van der Waals surface area contributed by atoms with Crippen molar-refractivity contribution in [1.82, 2.24) is 0 Å². The quantitative estimate of drug-likeness (QED) is 0.345. The van der Waals surface area contributed by atoms with Gasteiger partial charge in [0.1, 0.15) is 0 Å². The number of nitrogens with zero attached hydrogens (tertiary/aromatic N) is 1. The fourth-order valence-corrected chi connectivity index (χ4v) is 2.40. The first-order chi connectivity index (χ1) is 8.99. The van der Waals surface area contributed by atoms with Crippen molar-refractivity contribution in [3.8, 4) is 0 Å². The van der Waals surface area contributed by atoms with E-state index in [9.17, 15) is 14.9 Å². The number of thioether (sulfide) groups is 1. The maximum absolute atomic E-state index is 11.6. The van der Waals surface area contributed by atoms with Gasteiger partial charge < -0.3 is 4.74 Å². The average Bonchev–Trinajstić information content (AvgIpc) is 2.38. The van der Waals surface area contributed by atoms with Crippen LogP contribution in [0.25, 0.3) is 0 Å². The second-order valence-corrected chi connectivity index (χ2v) is 5.48.